The first-order chi connectivity index (χ1) is 17.0. The minimum Gasteiger partial charge on any atom is -0.480 e. The molecular weight excluding hydrogens is 448 g/mol. The molecule has 3 rings (SSSR count). The molecule has 8 heteroatoms. The first-order valence-corrected chi connectivity index (χ1v) is 13.1. The van der Waals surface area contributed by atoms with Crippen LogP contribution in [0.3, 0.4) is 0 Å². The molecule has 8 nitrogen and oxygen atoms in total. The number of rotatable bonds is 13. The summed E-state index contributed by atoms with van der Waals surface area (Å²) in [7, 11) is 0. The number of carboxylic acids is 1. The van der Waals surface area contributed by atoms with Crippen LogP contribution in [0.2, 0.25) is 0 Å². The highest BCUT2D eigenvalue weighted by molar-refractivity contribution is 5.85. The predicted molar refractivity (Wildman–Crippen MR) is 131 cm³/mol. The number of unbranched alkanes of at least 4 members (excludes halogenated alkanes) is 1. The van der Waals surface area contributed by atoms with Crippen molar-refractivity contribution < 1.29 is 29.1 Å². The van der Waals surface area contributed by atoms with E-state index in [1.165, 1.54) is 34.8 Å². The molecule has 1 aliphatic heterocycles. The maximum Gasteiger partial charge on any atom is 0.326 e. The highest BCUT2D eigenvalue weighted by Gasteiger charge is 2.42. The average Bonchev–Trinajstić information content (AvgIpc) is 3.34. The minimum absolute atomic E-state index is 0.0593. The SMILES string of the molecule is CCC(=O)OCON(CCCCc1ccccc1)CC(=O)N1CC(C2CCCCC2)CC1C(=O)O. The van der Waals surface area contributed by atoms with E-state index in [2.05, 4.69) is 12.1 Å². The van der Waals surface area contributed by atoms with Crippen LogP contribution in [-0.4, -0.2) is 65.4 Å². The molecule has 1 saturated heterocycles. The normalized spacial score (nSPS) is 20.8. The van der Waals surface area contributed by atoms with Gasteiger partial charge in [0, 0.05) is 19.5 Å². The summed E-state index contributed by atoms with van der Waals surface area (Å²) >= 11 is 0. The second kappa shape index (κ2) is 14.2. The molecule has 35 heavy (non-hydrogen) atoms. The number of hydrogen-bond donors (Lipinski definition) is 1. The lowest BCUT2D eigenvalue weighted by Crippen LogP contribution is -2.46. The van der Waals surface area contributed by atoms with Gasteiger partial charge in [0.2, 0.25) is 12.7 Å². The third-order valence-corrected chi connectivity index (χ3v) is 7.28. The van der Waals surface area contributed by atoms with E-state index in [0.29, 0.717) is 25.4 Å². The van der Waals surface area contributed by atoms with Crippen molar-refractivity contribution >= 4 is 17.8 Å². The van der Waals surface area contributed by atoms with Crippen LogP contribution in [0, 0.1) is 11.8 Å². The molecule has 2 aliphatic rings. The Bertz CT molecular complexity index is 811. The number of likely N-dealkylation sites (tertiary alicyclic amines) is 1. The Morgan fingerprint density at radius 1 is 1.06 bits per heavy atom. The Hall–Kier alpha value is -2.45. The molecule has 1 aliphatic carbocycles. The molecule has 194 valence electrons. The van der Waals surface area contributed by atoms with Gasteiger partial charge < -0.3 is 14.7 Å². The minimum atomic E-state index is -0.941. The molecule has 0 aromatic heterocycles. The first-order valence-electron chi connectivity index (χ1n) is 13.1. The smallest absolute Gasteiger partial charge is 0.326 e. The number of aryl methyl sites for hydroxylation is 1. The number of aliphatic carboxylic acids is 1. The number of carbonyl (C=O) groups is 3. The molecule has 0 bridgehead atoms. The number of carboxylic acid groups (broad SMARTS) is 1. The van der Waals surface area contributed by atoms with Crippen LogP contribution in [0.15, 0.2) is 30.3 Å². The first kappa shape index (κ1) is 27.1. The molecule has 1 N–H and O–H groups in total. The topological polar surface area (TPSA) is 96.4 Å². The second-order valence-corrected chi connectivity index (χ2v) is 9.72. The molecule has 1 saturated carbocycles. The van der Waals surface area contributed by atoms with Gasteiger partial charge in [-0.2, -0.15) is 5.06 Å². The van der Waals surface area contributed by atoms with Crippen molar-refractivity contribution in [2.75, 3.05) is 26.4 Å². The van der Waals surface area contributed by atoms with E-state index in [0.717, 1.165) is 32.1 Å². The van der Waals surface area contributed by atoms with Crippen molar-refractivity contribution in [2.45, 2.75) is 77.2 Å². The summed E-state index contributed by atoms with van der Waals surface area (Å²) in [4.78, 5) is 43.8. The Balaban J connectivity index is 1.56. The lowest BCUT2D eigenvalue weighted by Gasteiger charge is -2.28. The summed E-state index contributed by atoms with van der Waals surface area (Å²) in [5.74, 6) is -0.820. The van der Waals surface area contributed by atoms with Gasteiger partial charge in [-0.15, -0.1) is 0 Å². The maximum absolute atomic E-state index is 13.2. The lowest BCUT2D eigenvalue weighted by atomic mass is 9.79. The van der Waals surface area contributed by atoms with Crippen LogP contribution in [-0.2, 0) is 30.4 Å². The van der Waals surface area contributed by atoms with Gasteiger partial charge in [-0.1, -0.05) is 69.4 Å². The van der Waals surface area contributed by atoms with E-state index in [1.54, 1.807) is 6.92 Å². The molecule has 2 atom stereocenters. The lowest BCUT2D eigenvalue weighted by molar-refractivity contribution is -0.224. The fraction of sp³-hybridized carbons (Fsp3) is 0.667. The van der Waals surface area contributed by atoms with Gasteiger partial charge in [0.15, 0.2) is 0 Å². The number of ether oxygens (including phenoxy) is 1. The van der Waals surface area contributed by atoms with E-state index < -0.39 is 12.0 Å². The van der Waals surface area contributed by atoms with Crippen LogP contribution in [0.1, 0.15) is 70.3 Å². The maximum atomic E-state index is 13.2. The van der Waals surface area contributed by atoms with E-state index in [1.807, 2.05) is 18.2 Å². The van der Waals surface area contributed by atoms with Crippen LogP contribution in [0.5, 0.6) is 0 Å². The fourth-order valence-electron chi connectivity index (χ4n) is 5.29. The zero-order valence-corrected chi connectivity index (χ0v) is 20.9. The summed E-state index contributed by atoms with van der Waals surface area (Å²) < 4.78 is 5.04. The quantitative estimate of drug-likeness (QED) is 0.194. The highest BCUT2D eigenvalue weighted by atomic mass is 16.8. The van der Waals surface area contributed by atoms with Gasteiger partial charge in [-0.25, -0.2) is 4.79 Å². The summed E-state index contributed by atoms with van der Waals surface area (Å²) in [6.45, 7) is 2.37. The Labute approximate surface area is 208 Å². The fourth-order valence-corrected chi connectivity index (χ4v) is 5.29. The number of hydrogen-bond acceptors (Lipinski definition) is 6. The van der Waals surface area contributed by atoms with Gasteiger partial charge in [-0.3, -0.25) is 14.4 Å². The van der Waals surface area contributed by atoms with Crippen LogP contribution in [0.25, 0.3) is 0 Å². The average molecular weight is 489 g/mol. The number of benzene rings is 1. The predicted octanol–water partition coefficient (Wildman–Crippen LogP) is 4.04. The molecule has 0 radical (unpaired) electrons. The molecule has 1 heterocycles. The third kappa shape index (κ3) is 8.61. The van der Waals surface area contributed by atoms with Crippen LogP contribution < -0.4 is 0 Å². The molecule has 2 fully saturated rings. The van der Waals surface area contributed by atoms with Gasteiger partial charge in [0.1, 0.15) is 12.6 Å². The standard InChI is InChI=1S/C27H40N2O6/c1-2-26(31)34-20-35-28(16-10-9-13-21-11-5-3-6-12-21)19-25(30)29-18-23(17-24(29)27(32)33)22-14-7-4-8-15-22/h3,5-6,11-12,22-24H,2,4,7-10,13-20H2,1H3,(H,32,33). The highest BCUT2D eigenvalue weighted by Crippen LogP contribution is 2.37. The van der Waals surface area contributed by atoms with Crippen molar-refractivity contribution in [1.82, 2.24) is 9.96 Å². The number of carbonyl (C=O) groups excluding carboxylic acids is 2. The molecule has 2 unspecified atom stereocenters. The molecule has 1 amide bonds. The van der Waals surface area contributed by atoms with Crippen molar-refractivity contribution in [2.24, 2.45) is 11.8 Å². The van der Waals surface area contributed by atoms with Crippen molar-refractivity contribution in [3.63, 3.8) is 0 Å². The molecule has 1 aromatic rings. The van der Waals surface area contributed by atoms with Crippen LogP contribution in [0.4, 0.5) is 0 Å². The zero-order valence-electron chi connectivity index (χ0n) is 20.9. The van der Waals surface area contributed by atoms with Crippen molar-refractivity contribution in [1.29, 1.82) is 0 Å². The monoisotopic (exact) mass is 488 g/mol. The molecular formula is C27H40N2O6. The van der Waals surface area contributed by atoms with Crippen molar-refractivity contribution in [3.05, 3.63) is 35.9 Å². The van der Waals surface area contributed by atoms with E-state index >= 15 is 0 Å². The second-order valence-electron chi connectivity index (χ2n) is 9.72. The summed E-state index contributed by atoms with van der Waals surface area (Å²) in [6.07, 6.45) is 9.26. The largest absolute Gasteiger partial charge is 0.480 e. The third-order valence-electron chi connectivity index (χ3n) is 7.28. The summed E-state index contributed by atoms with van der Waals surface area (Å²) in [6, 6.07) is 9.41. The summed E-state index contributed by atoms with van der Waals surface area (Å²) in [5.41, 5.74) is 1.25. The van der Waals surface area contributed by atoms with E-state index in [-0.39, 0.29) is 37.6 Å². The van der Waals surface area contributed by atoms with Gasteiger partial charge in [0.25, 0.3) is 0 Å². The zero-order chi connectivity index (χ0) is 25.0. The van der Waals surface area contributed by atoms with Gasteiger partial charge >= 0.3 is 11.9 Å². The number of nitrogens with zero attached hydrogens (tertiary/aromatic N) is 2. The number of amides is 1. The molecule has 0 spiro atoms. The molecule has 1 aromatic carbocycles. The Morgan fingerprint density at radius 3 is 2.49 bits per heavy atom. The Morgan fingerprint density at radius 2 is 1.80 bits per heavy atom. The summed E-state index contributed by atoms with van der Waals surface area (Å²) in [5, 5.41) is 11.3. The van der Waals surface area contributed by atoms with Gasteiger partial charge in [-0.05, 0) is 43.1 Å². The van der Waals surface area contributed by atoms with Crippen LogP contribution >= 0.6 is 0 Å². The van der Waals surface area contributed by atoms with E-state index in [9.17, 15) is 19.5 Å². The Kier molecular flexibility index (Phi) is 11.0. The van der Waals surface area contributed by atoms with Gasteiger partial charge in [0.05, 0.1) is 0 Å². The number of hydroxylamine groups is 2. The van der Waals surface area contributed by atoms with Crippen molar-refractivity contribution in [3.8, 4) is 0 Å². The number of esters is 1. The van der Waals surface area contributed by atoms with E-state index in [4.69, 9.17) is 9.57 Å².